The van der Waals surface area contributed by atoms with E-state index in [-0.39, 0.29) is 11.3 Å². The largest absolute Gasteiger partial charge is 0.496 e. The molecule has 1 aromatic rings. The molecule has 1 unspecified atom stereocenters. The maximum Gasteiger partial charge on any atom is 0.127 e. The van der Waals surface area contributed by atoms with Crippen LogP contribution in [0.25, 0.3) is 0 Å². The highest BCUT2D eigenvalue weighted by Crippen LogP contribution is 2.49. The summed E-state index contributed by atoms with van der Waals surface area (Å²) >= 11 is 0. The second-order valence-electron chi connectivity index (χ2n) is 7.83. The van der Waals surface area contributed by atoms with Crippen molar-refractivity contribution in [1.29, 1.82) is 0 Å². The molecule has 0 fully saturated rings. The molecule has 0 aliphatic heterocycles. The molecule has 1 N–H and O–H groups in total. The number of aliphatic imine (C=N–C) groups is 1. The number of aryl methyl sites for hydroxylation is 1. The molecule has 0 amide bonds. The summed E-state index contributed by atoms with van der Waals surface area (Å²) in [7, 11) is 3.63. The van der Waals surface area contributed by atoms with Gasteiger partial charge in [-0.2, -0.15) is 0 Å². The van der Waals surface area contributed by atoms with E-state index in [4.69, 9.17) is 4.74 Å². The Bertz CT molecular complexity index is 588. The Morgan fingerprint density at radius 3 is 2.29 bits per heavy atom. The number of hydrogen-bond acceptors (Lipinski definition) is 3. The van der Waals surface area contributed by atoms with Gasteiger partial charge in [0.2, 0.25) is 0 Å². The van der Waals surface area contributed by atoms with E-state index in [1.165, 1.54) is 0 Å². The van der Waals surface area contributed by atoms with Crippen molar-refractivity contribution in [1.82, 2.24) is 4.90 Å². The molecule has 136 valence electrons. The van der Waals surface area contributed by atoms with Crippen molar-refractivity contribution in [2.24, 2.45) is 16.3 Å². The van der Waals surface area contributed by atoms with Gasteiger partial charge in [-0.05, 0) is 36.8 Å². The minimum absolute atomic E-state index is 0.0476. The van der Waals surface area contributed by atoms with Crippen LogP contribution in [0.3, 0.4) is 0 Å². The Morgan fingerprint density at radius 1 is 1.29 bits per heavy atom. The molecule has 0 aromatic heterocycles. The topological polar surface area (TPSA) is 45.1 Å². The molecular weight excluding hydrogens is 300 g/mol. The molecule has 0 saturated heterocycles. The molecule has 0 radical (unpaired) electrons. The van der Waals surface area contributed by atoms with Gasteiger partial charge in [-0.15, -0.1) is 0 Å². The van der Waals surface area contributed by atoms with E-state index in [0.29, 0.717) is 5.75 Å². The van der Waals surface area contributed by atoms with E-state index in [1.807, 2.05) is 51.2 Å². The predicted molar refractivity (Wildman–Crippen MR) is 102 cm³/mol. The molecule has 1 aromatic carbocycles. The van der Waals surface area contributed by atoms with Crippen LogP contribution in [0.4, 0.5) is 5.69 Å². The van der Waals surface area contributed by atoms with Gasteiger partial charge in [0.1, 0.15) is 11.4 Å². The second kappa shape index (κ2) is 7.56. The van der Waals surface area contributed by atoms with Gasteiger partial charge in [-0.3, -0.25) is 0 Å². The Balaban J connectivity index is 3.51. The van der Waals surface area contributed by atoms with E-state index in [2.05, 4.69) is 32.7 Å². The van der Waals surface area contributed by atoms with E-state index in [0.717, 1.165) is 23.4 Å². The number of aliphatic hydroxyl groups is 1. The van der Waals surface area contributed by atoms with E-state index >= 15 is 0 Å². The first kappa shape index (κ1) is 20.5. The third-order valence-electron chi connectivity index (χ3n) is 4.80. The highest BCUT2D eigenvalue weighted by molar-refractivity contribution is 5.65. The van der Waals surface area contributed by atoms with Crippen molar-refractivity contribution in [2.45, 2.75) is 54.1 Å². The number of rotatable bonds is 6. The molecule has 0 aliphatic carbocycles. The molecule has 0 aliphatic rings. The van der Waals surface area contributed by atoms with Crippen molar-refractivity contribution < 1.29 is 9.84 Å². The third kappa shape index (κ3) is 3.92. The summed E-state index contributed by atoms with van der Waals surface area (Å²) in [6, 6.07) is 3.94. The molecule has 4 heteroatoms. The van der Waals surface area contributed by atoms with E-state index < -0.39 is 5.60 Å². The van der Waals surface area contributed by atoms with Gasteiger partial charge in [-0.1, -0.05) is 34.6 Å². The van der Waals surface area contributed by atoms with Crippen LogP contribution < -0.4 is 4.74 Å². The molecule has 0 saturated carbocycles. The van der Waals surface area contributed by atoms with Gasteiger partial charge in [0.15, 0.2) is 0 Å². The van der Waals surface area contributed by atoms with Gasteiger partial charge >= 0.3 is 0 Å². The monoisotopic (exact) mass is 334 g/mol. The summed E-state index contributed by atoms with van der Waals surface area (Å²) in [5.74, 6) is 0.726. The van der Waals surface area contributed by atoms with Crippen molar-refractivity contribution in [3.63, 3.8) is 0 Å². The zero-order valence-electron chi connectivity index (χ0n) is 16.8. The molecule has 1 rings (SSSR count). The second-order valence-corrected chi connectivity index (χ2v) is 7.83. The summed E-state index contributed by atoms with van der Waals surface area (Å²) in [4.78, 5) is 6.57. The lowest BCUT2D eigenvalue weighted by Crippen LogP contribution is -2.44. The van der Waals surface area contributed by atoms with E-state index in [9.17, 15) is 5.11 Å². The smallest absolute Gasteiger partial charge is 0.127 e. The quantitative estimate of drug-likeness (QED) is 0.615. The number of methoxy groups -OCH3 is 1. The standard InChI is InChI=1S/C20H34N2O2/c1-10-22(8)13-21-17-12-18(24-9)16(11-15(17)4)20(23,14(2)3)19(5,6)7/h11-14,23H,10H2,1-9H3. The molecule has 24 heavy (non-hydrogen) atoms. The summed E-state index contributed by atoms with van der Waals surface area (Å²) < 4.78 is 5.62. The average molecular weight is 335 g/mol. The lowest BCUT2D eigenvalue weighted by Gasteiger charge is -2.44. The summed E-state index contributed by atoms with van der Waals surface area (Å²) in [5.41, 5.74) is 1.39. The highest BCUT2D eigenvalue weighted by Gasteiger charge is 2.46. The molecular formula is C20H34N2O2. The SMILES string of the molecule is CCN(C)C=Nc1cc(OC)c(C(O)(C(C)C)C(C)(C)C)cc1C. The lowest BCUT2D eigenvalue weighted by atomic mass is 9.66. The lowest BCUT2D eigenvalue weighted by molar-refractivity contribution is -0.103. The average Bonchev–Trinajstić information content (AvgIpc) is 2.50. The van der Waals surface area contributed by atoms with Crippen molar-refractivity contribution >= 4 is 12.0 Å². The van der Waals surface area contributed by atoms with Crippen LogP contribution in [0.15, 0.2) is 17.1 Å². The minimum atomic E-state index is -0.994. The Morgan fingerprint density at radius 2 is 1.88 bits per heavy atom. The van der Waals surface area contributed by atoms with Crippen LogP contribution in [-0.2, 0) is 5.60 Å². The zero-order valence-corrected chi connectivity index (χ0v) is 16.8. The van der Waals surface area contributed by atoms with Crippen LogP contribution in [0.2, 0.25) is 0 Å². The maximum absolute atomic E-state index is 11.6. The highest BCUT2D eigenvalue weighted by atomic mass is 16.5. The first-order valence-electron chi connectivity index (χ1n) is 8.64. The Hall–Kier alpha value is -1.55. The summed E-state index contributed by atoms with van der Waals surface area (Å²) in [6.07, 6.45) is 1.82. The molecule has 4 nitrogen and oxygen atoms in total. The van der Waals surface area contributed by atoms with Crippen LogP contribution in [-0.4, -0.2) is 37.0 Å². The molecule has 1 atom stereocenters. The van der Waals surface area contributed by atoms with Gasteiger partial charge in [0.05, 0.1) is 19.1 Å². The third-order valence-corrected chi connectivity index (χ3v) is 4.80. The van der Waals surface area contributed by atoms with Crippen LogP contribution >= 0.6 is 0 Å². The first-order chi connectivity index (χ1) is 11.0. The van der Waals surface area contributed by atoms with Crippen LogP contribution in [0.5, 0.6) is 5.75 Å². The van der Waals surface area contributed by atoms with Gasteiger partial charge < -0.3 is 14.7 Å². The number of hydrogen-bond donors (Lipinski definition) is 1. The van der Waals surface area contributed by atoms with Crippen molar-refractivity contribution in [2.75, 3.05) is 20.7 Å². The fourth-order valence-corrected chi connectivity index (χ4v) is 3.11. The first-order valence-corrected chi connectivity index (χ1v) is 8.64. The molecule has 0 heterocycles. The summed E-state index contributed by atoms with van der Waals surface area (Å²) in [5, 5.41) is 11.6. The normalized spacial score (nSPS) is 15.0. The van der Waals surface area contributed by atoms with Gasteiger partial charge in [0, 0.05) is 25.2 Å². The molecule has 0 spiro atoms. The molecule has 0 bridgehead atoms. The number of ether oxygens (including phenoxy) is 1. The maximum atomic E-state index is 11.6. The van der Waals surface area contributed by atoms with Gasteiger partial charge in [-0.25, -0.2) is 4.99 Å². The van der Waals surface area contributed by atoms with Crippen LogP contribution in [0.1, 0.15) is 52.7 Å². The predicted octanol–water partition coefficient (Wildman–Crippen LogP) is 4.50. The minimum Gasteiger partial charge on any atom is -0.496 e. The summed E-state index contributed by atoms with van der Waals surface area (Å²) in [6.45, 7) is 15.3. The van der Waals surface area contributed by atoms with Crippen molar-refractivity contribution in [3.05, 3.63) is 23.3 Å². The zero-order chi connectivity index (χ0) is 18.7. The Labute approximate surface area is 147 Å². The fourth-order valence-electron chi connectivity index (χ4n) is 3.11. The van der Waals surface area contributed by atoms with Gasteiger partial charge in [0.25, 0.3) is 0 Å². The number of nitrogens with zero attached hydrogens (tertiary/aromatic N) is 2. The number of benzene rings is 1. The fraction of sp³-hybridized carbons (Fsp3) is 0.650. The van der Waals surface area contributed by atoms with Crippen molar-refractivity contribution in [3.8, 4) is 5.75 Å². The van der Waals surface area contributed by atoms with E-state index in [1.54, 1.807) is 7.11 Å². The van der Waals surface area contributed by atoms with Crippen LogP contribution in [0, 0.1) is 18.3 Å². The Kier molecular flexibility index (Phi) is 6.45.